The van der Waals surface area contributed by atoms with E-state index in [1.807, 2.05) is 6.92 Å². The van der Waals surface area contributed by atoms with Crippen LogP contribution in [0.15, 0.2) is 10.6 Å². The fourth-order valence-electron chi connectivity index (χ4n) is 4.00. The number of amides is 1. The zero-order chi connectivity index (χ0) is 19.4. The summed E-state index contributed by atoms with van der Waals surface area (Å²) in [7, 11) is 4.37. The molecule has 3 aliphatic heterocycles. The van der Waals surface area contributed by atoms with Crippen molar-refractivity contribution in [1.29, 1.82) is 0 Å². The van der Waals surface area contributed by atoms with Crippen molar-refractivity contribution in [2.24, 2.45) is 11.8 Å². The Morgan fingerprint density at radius 1 is 1.35 bits per heavy atom. The van der Waals surface area contributed by atoms with E-state index in [1.165, 1.54) is 16.7 Å². The van der Waals surface area contributed by atoms with Crippen molar-refractivity contribution >= 4 is 40.2 Å². The molecule has 2 N–H and O–H groups in total. The first-order valence-electron chi connectivity index (χ1n) is 8.82. The molecule has 144 valence electrons. The van der Waals surface area contributed by atoms with Gasteiger partial charge in [-0.05, 0) is 6.92 Å². The van der Waals surface area contributed by atoms with E-state index >= 15 is 0 Å². The number of quaternary nitrogens is 1. The van der Waals surface area contributed by atoms with Gasteiger partial charge in [-0.25, -0.2) is 4.79 Å². The zero-order valence-electron chi connectivity index (χ0n) is 15.5. The highest BCUT2D eigenvalue weighted by Gasteiger charge is 2.60. The van der Waals surface area contributed by atoms with E-state index in [0.717, 1.165) is 30.7 Å². The summed E-state index contributed by atoms with van der Waals surface area (Å²) in [6, 6.07) is -0.296. The minimum absolute atomic E-state index is 0.0323. The summed E-state index contributed by atoms with van der Waals surface area (Å²) in [6.45, 7) is 7.14. The van der Waals surface area contributed by atoms with Crippen LogP contribution in [0.2, 0.25) is 0 Å². The smallest absolute Gasteiger partial charge is 0.353 e. The van der Waals surface area contributed by atoms with Gasteiger partial charge in [0.2, 0.25) is 5.91 Å². The van der Waals surface area contributed by atoms with Crippen LogP contribution in [0.25, 0.3) is 0 Å². The van der Waals surface area contributed by atoms with Crippen molar-refractivity contribution in [3.63, 3.8) is 0 Å². The van der Waals surface area contributed by atoms with Gasteiger partial charge in [-0.15, -0.1) is 0 Å². The number of aliphatic hydroxyl groups is 1. The number of likely N-dealkylation sites (N-methyl/N-ethyl adjacent to an activating group) is 1. The number of rotatable bonds is 3. The standard InChI is InChI=1S/C17H25N3O4S2/c1-9-12-11(10(2)21)15(22)19(12)13(16(23)24)14(9)26-17(25)18-5-7-20(3,4)8-6-18/h9-12,21H,5-8H2,1-4H3/p+1/t9-,10-,11-,12-/m1/s1. The van der Waals surface area contributed by atoms with Gasteiger partial charge in [-0.1, -0.05) is 30.9 Å². The molecule has 0 radical (unpaired) electrons. The number of β-lactam (4-membered cyclic amide) rings is 1. The first kappa shape index (κ1) is 19.6. The quantitative estimate of drug-likeness (QED) is 0.407. The first-order valence-corrected chi connectivity index (χ1v) is 10.0. The van der Waals surface area contributed by atoms with E-state index in [2.05, 4.69) is 19.0 Å². The molecule has 0 saturated carbocycles. The number of nitrogens with zero attached hydrogens (tertiary/aromatic N) is 3. The summed E-state index contributed by atoms with van der Waals surface area (Å²) >= 11 is 6.88. The number of thioether (sulfide) groups is 1. The number of thiocarbonyl (C=S) groups is 1. The van der Waals surface area contributed by atoms with E-state index in [0.29, 0.717) is 9.23 Å². The summed E-state index contributed by atoms with van der Waals surface area (Å²) in [5.41, 5.74) is 0.0323. The summed E-state index contributed by atoms with van der Waals surface area (Å²) in [5.74, 6) is -2.12. The number of fused-ring (bicyclic) bond motifs is 1. The monoisotopic (exact) mass is 400 g/mol. The van der Waals surface area contributed by atoms with Crippen molar-refractivity contribution in [2.75, 3.05) is 40.3 Å². The molecule has 3 heterocycles. The van der Waals surface area contributed by atoms with Crippen LogP contribution in [0.5, 0.6) is 0 Å². The van der Waals surface area contributed by atoms with E-state index in [-0.39, 0.29) is 23.6 Å². The van der Waals surface area contributed by atoms with E-state index in [9.17, 15) is 19.8 Å². The number of aliphatic hydroxyl groups excluding tert-OH is 1. The van der Waals surface area contributed by atoms with Gasteiger partial charge < -0.3 is 24.5 Å². The SMILES string of the molecule is C[C@@H](O)[C@H]1C(=O)N2C(C(=O)O)=C(SC(=S)N3CC[N+](C)(C)CC3)[C@H](C)[C@H]12. The normalized spacial score (nSPS) is 31.6. The molecule has 3 rings (SSSR count). The number of carbonyl (C=O) groups excluding carboxylic acids is 1. The molecule has 0 unspecified atom stereocenters. The second-order valence-corrected chi connectivity index (χ2v) is 9.69. The van der Waals surface area contributed by atoms with Crippen molar-refractivity contribution in [2.45, 2.75) is 26.0 Å². The molecule has 3 aliphatic rings. The lowest BCUT2D eigenvalue weighted by Crippen LogP contribution is -2.63. The number of carboxylic acids is 1. The summed E-state index contributed by atoms with van der Waals surface area (Å²) in [4.78, 5) is 28.3. The Bertz CT molecular complexity index is 681. The zero-order valence-corrected chi connectivity index (χ0v) is 17.1. The molecule has 0 aromatic carbocycles. The van der Waals surface area contributed by atoms with Crippen molar-refractivity contribution in [3.8, 4) is 0 Å². The molecule has 2 saturated heterocycles. The van der Waals surface area contributed by atoms with Gasteiger partial charge in [0.05, 0.1) is 58.3 Å². The van der Waals surface area contributed by atoms with Crippen LogP contribution in [-0.4, -0.2) is 93.1 Å². The van der Waals surface area contributed by atoms with E-state index in [4.69, 9.17) is 12.2 Å². The Morgan fingerprint density at radius 2 is 1.92 bits per heavy atom. The lowest BCUT2D eigenvalue weighted by Gasteiger charge is -2.46. The number of aliphatic carboxylic acids is 1. The largest absolute Gasteiger partial charge is 0.477 e. The molecular formula is C17H26N3O4S2+. The number of hydrogen-bond acceptors (Lipinski definition) is 5. The Kier molecular flexibility index (Phi) is 5.11. The Morgan fingerprint density at radius 3 is 2.42 bits per heavy atom. The highest BCUT2D eigenvalue weighted by atomic mass is 32.2. The van der Waals surface area contributed by atoms with Crippen LogP contribution in [0.3, 0.4) is 0 Å². The lowest BCUT2D eigenvalue weighted by molar-refractivity contribution is -0.893. The van der Waals surface area contributed by atoms with Crippen LogP contribution in [0.4, 0.5) is 0 Å². The Labute approximate surface area is 163 Å². The van der Waals surface area contributed by atoms with Gasteiger partial charge in [-0.3, -0.25) is 4.79 Å². The third-order valence-electron chi connectivity index (χ3n) is 5.72. The van der Waals surface area contributed by atoms with Crippen molar-refractivity contribution in [1.82, 2.24) is 9.80 Å². The molecule has 0 aliphatic carbocycles. The minimum Gasteiger partial charge on any atom is -0.477 e. The maximum atomic E-state index is 12.4. The fourth-order valence-corrected chi connectivity index (χ4v) is 5.56. The molecule has 2 fully saturated rings. The molecule has 9 heteroatoms. The topological polar surface area (TPSA) is 81.1 Å². The molecule has 1 amide bonds. The summed E-state index contributed by atoms with van der Waals surface area (Å²) in [6.07, 6.45) is -0.792. The molecule has 0 aromatic heterocycles. The van der Waals surface area contributed by atoms with E-state index < -0.39 is 18.0 Å². The highest BCUT2D eigenvalue weighted by molar-refractivity contribution is 8.25. The summed E-state index contributed by atoms with van der Waals surface area (Å²) in [5, 5.41) is 19.6. The predicted molar refractivity (Wildman–Crippen MR) is 103 cm³/mol. The maximum absolute atomic E-state index is 12.4. The van der Waals surface area contributed by atoms with Gasteiger partial charge in [0.1, 0.15) is 10.0 Å². The average Bonchev–Trinajstić information content (AvgIpc) is 2.76. The molecule has 0 bridgehead atoms. The van der Waals surface area contributed by atoms with Gasteiger partial charge in [0.25, 0.3) is 0 Å². The number of piperazine rings is 1. The third kappa shape index (κ3) is 3.15. The van der Waals surface area contributed by atoms with Crippen LogP contribution >= 0.6 is 24.0 Å². The minimum atomic E-state index is -1.11. The van der Waals surface area contributed by atoms with Crippen LogP contribution in [-0.2, 0) is 9.59 Å². The fraction of sp³-hybridized carbons (Fsp3) is 0.706. The molecule has 26 heavy (non-hydrogen) atoms. The second kappa shape index (κ2) is 6.78. The molecule has 0 spiro atoms. The Hall–Kier alpha value is -1.16. The number of hydrogen-bond donors (Lipinski definition) is 2. The predicted octanol–water partition coefficient (Wildman–Crippen LogP) is 0.550. The summed E-state index contributed by atoms with van der Waals surface area (Å²) < 4.78 is 1.61. The van der Waals surface area contributed by atoms with Crippen LogP contribution in [0.1, 0.15) is 13.8 Å². The lowest BCUT2D eigenvalue weighted by atomic mass is 9.79. The Balaban J connectivity index is 1.79. The second-order valence-electron chi connectivity index (χ2n) is 8.01. The first-order chi connectivity index (χ1) is 12.0. The van der Waals surface area contributed by atoms with Crippen molar-refractivity contribution < 1.29 is 24.3 Å². The van der Waals surface area contributed by atoms with Gasteiger partial charge in [-0.2, -0.15) is 0 Å². The van der Waals surface area contributed by atoms with Crippen molar-refractivity contribution in [3.05, 3.63) is 10.6 Å². The van der Waals surface area contributed by atoms with Gasteiger partial charge >= 0.3 is 5.97 Å². The van der Waals surface area contributed by atoms with E-state index in [1.54, 1.807) is 6.92 Å². The molecule has 0 aromatic rings. The van der Waals surface area contributed by atoms with Crippen LogP contribution in [0, 0.1) is 11.8 Å². The maximum Gasteiger partial charge on any atom is 0.353 e. The van der Waals surface area contributed by atoms with Gasteiger partial charge in [0, 0.05) is 10.8 Å². The van der Waals surface area contributed by atoms with Gasteiger partial charge in [0.15, 0.2) is 0 Å². The molecular weight excluding hydrogens is 374 g/mol. The molecule has 4 atom stereocenters. The van der Waals surface area contributed by atoms with Crippen LogP contribution < -0.4 is 0 Å². The number of carboxylic acid groups (broad SMARTS) is 1. The average molecular weight is 401 g/mol. The molecule has 7 nitrogen and oxygen atoms in total. The third-order valence-corrected chi connectivity index (χ3v) is 7.44. The number of carbonyl (C=O) groups is 2. The highest BCUT2D eigenvalue weighted by Crippen LogP contribution is 2.50.